The van der Waals surface area contributed by atoms with E-state index in [1.807, 2.05) is 6.19 Å². The van der Waals surface area contributed by atoms with Crippen molar-refractivity contribution in [1.82, 2.24) is 10.3 Å². The zero-order valence-corrected chi connectivity index (χ0v) is 14.3. The fraction of sp³-hybridized carbons (Fsp3) is 0.688. The molecule has 0 unspecified atom stereocenters. The number of hydrogen-bond acceptors (Lipinski definition) is 5. The number of alkyl halides is 3. The Morgan fingerprint density at radius 1 is 1.32 bits per heavy atom. The van der Waals surface area contributed by atoms with Crippen LogP contribution in [0, 0.1) is 23.3 Å². The number of aromatic nitrogens is 1. The summed E-state index contributed by atoms with van der Waals surface area (Å²) in [4.78, 5) is 16.8. The Bertz CT molecular complexity index is 663. The van der Waals surface area contributed by atoms with E-state index in [9.17, 15) is 18.0 Å². The zero-order valence-electron chi connectivity index (χ0n) is 13.5. The fourth-order valence-electron chi connectivity index (χ4n) is 3.63. The van der Waals surface area contributed by atoms with E-state index in [2.05, 4.69) is 15.6 Å². The number of nitrogens with one attached hydrogen (secondary N) is 2. The van der Waals surface area contributed by atoms with Crippen molar-refractivity contribution in [2.24, 2.45) is 11.8 Å². The van der Waals surface area contributed by atoms with E-state index in [0.717, 1.165) is 17.8 Å². The smallest absolute Gasteiger partial charge is 0.321 e. The van der Waals surface area contributed by atoms with E-state index >= 15 is 0 Å². The van der Waals surface area contributed by atoms with Gasteiger partial charge in [-0.15, -0.1) is 11.3 Å². The van der Waals surface area contributed by atoms with Gasteiger partial charge in [-0.05, 0) is 25.7 Å². The zero-order chi connectivity index (χ0) is 18.0. The van der Waals surface area contributed by atoms with E-state index in [0.29, 0.717) is 35.7 Å². The van der Waals surface area contributed by atoms with Gasteiger partial charge < -0.3 is 10.6 Å². The predicted molar refractivity (Wildman–Crippen MR) is 86.8 cm³/mol. The molecule has 1 amide bonds. The summed E-state index contributed by atoms with van der Waals surface area (Å²) in [6.45, 7) is 0. The highest BCUT2D eigenvalue weighted by atomic mass is 32.1. The normalized spacial score (nSPS) is 29.4. The van der Waals surface area contributed by atoms with Crippen LogP contribution in [0.25, 0.3) is 0 Å². The number of carbonyl (C=O) groups excluding carboxylic acids is 1. The van der Waals surface area contributed by atoms with Gasteiger partial charge in [-0.2, -0.15) is 18.4 Å². The average molecular weight is 372 g/mol. The quantitative estimate of drug-likeness (QED) is 0.623. The van der Waals surface area contributed by atoms with E-state index in [-0.39, 0.29) is 24.3 Å². The molecule has 1 aromatic rings. The second kappa shape index (κ2) is 7.20. The van der Waals surface area contributed by atoms with E-state index < -0.39 is 18.0 Å². The lowest BCUT2D eigenvalue weighted by Gasteiger charge is -2.32. The van der Waals surface area contributed by atoms with Gasteiger partial charge >= 0.3 is 6.18 Å². The molecule has 2 aliphatic rings. The number of rotatable bonds is 4. The lowest BCUT2D eigenvalue weighted by molar-refractivity contribution is -0.187. The van der Waals surface area contributed by atoms with Gasteiger partial charge in [0.1, 0.15) is 0 Å². The Morgan fingerprint density at radius 2 is 2.04 bits per heavy atom. The van der Waals surface area contributed by atoms with Crippen LogP contribution in [0.2, 0.25) is 0 Å². The summed E-state index contributed by atoms with van der Waals surface area (Å²) in [6.07, 6.45) is 2.32. The van der Waals surface area contributed by atoms with Gasteiger partial charge in [0.05, 0.1) is 5.92 Å². The number of anilines is 1. The number of hydrogen-bond donors (Lipinski definition) is 2. The standard InChI is InChI=1S/C16H19F3N4OS/c17-16(18,19)12-4-2-1-3-11(12)13-7-21-15(25-13)23-14(24)9-5-10(6-9)22-8-20/h7,9-12,22H,1-6H2,(H,21,23,24)/t9?,10?,11-,12+/m1/s1. The second-order valence-corrected chi connectivity index (χ2v) is 7.78. The van der Waals surface area contributed by atoms with Gasteiger partial charge in [0, 0.05) is 29.0 Å². The molecular formula is C16H19F3N4OS. The molecule has 1 heterocycles. The summed E-state index contributed by atoms with van der Waals surface area (Å²) in [5.74, 6) is -2.26. The van der Waals surface area contributed by atoms with Crippen LogP contribution in [-0.4, -0.2) is 23.1 Å². The Hall–Kier alpha value is -1.82. The summed E-state index contributed by atoms with van der Waals surface area (Å²) in [7, 11) is 0. The third-order valence-electron chi connectivity index (χ3n) is 5.08. The number of nitriles is 1. The lowest BCUT2D eigenvalue weighted by atomic mass is 9.78. The molecule has 5 nitrogen and oxygen atoms in total. The minimum absolute atomic E-state index is 0.0300. The molecule has 25 heavy (non-hydrogen) atoms. The highest BCUT2D eigenvalue weighted by Crippen LogP contribution is 2.48. The van der Waals surface area contributed by atoms with Crippen molar-refractivity contribution < 1.29 is 18.0 Å². The molecule has 3 rings (SSSR count). The minimum atomic E-state index is -4.20. The van der Waals surface area contributed by atoms with Gasteiger partial charge in [-0.25, -0.2) is 4.98 Å². The van der Waals surface area contributed by atoms with Crippen molar-refractivity contribution in [2.45, 2.75) is 56.7 Å². The van der Waals surface area contributed by atoms with Gasteiger partial charge in [-0.1, -0.05) is 12.8 Å². The van der Waals surface area contributed by atoms with Crippen LogP contribution < -0.4 is 10.6 Å². The summed E-state index contributed by atoms with van der Waals surface area (Å²) < 4.78 is 39.7. The Morgan fingerprint density at radius 3 is 2.72 bits per heavy atom. The number of nitrogens with zero attached hydrogens (tertiary/aromatic N) is 2. The van der Waals surface area contributed by atoms with Crippen molar-refractivity contribution in [3.8, 4) is 6.19 Å². The molecule has 0 spiro atoms. The summed E-state index contributed by atoms with van der Waals surface area (Å²) >= 11 is 1.14. The molecule has 2 N–H and O–H groups in total. The molecule has 1 aromatic heterocycles. The van der Waals surface area contributed by atoms with Gasteiger partial charge in [0.25, 0.3) is 0 Å². The van der Waals surface area contributed by atoms with Crippen LogP contribution in [-0.2, 0) is 4.79 Å². The third kappa shape index (κ3) is 4.06. The predicted octanol–water partition coefficient (Wildman–Crippen LogP) is 3.77. The third-order valence-corrected chi connectivity index (χ3v) is 6.13. The first-order chi connectivity index (χ1) is 11.9. The highest BCUT2D eigenvalue weighted by molar-refractivity contribution is 7.15. The Labute approximate surface area is 147 Å². The fourth-order valence-corrected chi connectivity index (χ4v) is 4.65. The molecule has 0 aromatic carbocycles. The maximum atomic E-state index is 13.2. The highest BCUT2D eigenvalue weighted by Gasteiger charge is 2.46. The van der Waals surface area contributed by atoms with Gasteiger partial charge in [0.2, 0.25) is 5.91 Å². The molecule has 2 aliphatic carbocycles. The first-order valence-electron chi connectivity index (χ1n) is 8.36. The summed E-state index contributed by atoms with van der Waals surface area (Å²) in [5.41, 5.74) is 0. The van der Waals surface area contributed by atoms with Crippen molar-refractivity contribution in [1.29, 1.82) is 5.26 Å². The molecule has 9 heteroatoms. The summed E-state index contributed by atoms with van der Waals surface area (Å²) in [6, 6.07) is 0.0300. The Kier molecular flexibility index (Phi) is 5.18. The average Bonchev–Trinajstić information content (AvgIpc) is 2.98. The van der Waals surface area contributed by atoms with Crippen LogP contribution in [0.3, 0.4) is 0 Å². The molecule has 136 valence electrons. The minimum Gasteiger partial charge on any atom is -0.321 e. The van der Waals surface area contributed by atoms with Crippen LogP contribution in [0.4, 0.5) is 18.3 Å². The van der Waals surface area contributed by atoms with E-state index in [1.165, 1.54) is 6.20 Å². The molecular weight excluding hydrogens is 353 g/mol. The molecule has 0 bridgehead atoms. The maximum Gasteiger partial charge on any atom is 0.392 e. The van der Waals surface area contributed by atoms with Gasteiger partial charge in [0.15, 0.2) is 11.3 Å². The van der Waals surface area contributed by atoms with E-state index in [1.54, 1.807) is 0 Å². The molecule has 0 saturated heterocycles. The van der Waals surface area contributed by atoms with Crippen LogP contribution in [0.5, 0.6) is 0 Å². The number of halogens is 3. The molecule has 2 fully saturated rings. The first-order valence-corrected chi connectivity index (χ1v) is 9.18. The van der Waals surface area contributed by atoms with Crippen molar-refractivity contribution >= 4 is 22.4 Å². The largest absolute Gasteiger partial charge is 0.392 e. The van der Waals surface area contributed by atoms with Crippen molar-refractivity contribution in [3.05, 3.63) is 11.1 Å². The number of carbonyl (C=O) groups is 1. The topological polar surface area (TPSA) is 77.8 Å². The number of thiazole rings is 1. The monoisotopic (exact) mass is 372 g/mol. The van der Waals surface area contributed by atoms with Crippen molar-refractivity contribution in [2.75, 3.05) is 5.32 Å². The maximum absolute atomic E-state index is 13.2. The van der Waals surface area contributed by atoms with Crippen molar-refractivity contribution in [3.63, 3.8) is 0 Å². The Balaban J connectivity index is 1.60. The molecule has 0 radical (unpaired) electrons. The molecule has 2 atom stereocenters. The summed E-state index contributed by atoms with van der Waals surface area (Å²) in [5, 5.41) is 14.2. The molecule has 2 saturated carbocycles. The van der Waals surface area contributed by atoms with E-state index in [4.69, 9.17) is 5.26 Å². The SMILES string of the molecule is N#CNC1CC(C(=O)Nc2ncc([C@@H]3CCCC[C@@H]3C(F)(F)F)s2)C1. The molecule has 0 aliphatic heterocycles. The second-order valence-electron chi connectivity index (χ2n) is 6.72. The van der Waals surface area contributed by atoms with Crippen LogP contribution in [0.1, 0.15) is 49.3 Å². The van der Waals surface area contributed by atoms with Crippen LogP contribution >= 0.6 is 11.3 Å². The number of amides is 1. The first kappa shape index (κ1) is 18.0. The lowest BCUT2D eigenvalue weighted by Crippen LogP contribution is -2.44. The van der Waals surface area contributed by atoms with Crippen LogP contribution in [0.15, 0.2) is 6.20 Å². The van der Waals surface area contributed by atoms with Gasteiger partial charge in [-0.3, -0.25) is 4.79 Å².